The largest absolute Gasteiger partial charge is 0.383 e. The zero-order chi connectivity index (χ0) is 11.6. The third-order valence-corrected chi connectivity index (χ3v) is 3.26. The van der Waals surface area contributed by atoms with Crippen molar-refractivity contribution in [2.45, 2.75) is 30.8 Å². The second-order valence-electron chi connectivity index (χ2n) is 4.68. The monoisotopic (exact) mass is 228 g/mol. The Bertz CT molecular complexity index is 260. The van der Waals surface area contributed by atoms with Crippen LogP contribution in [0.3, 0.4) is 0 Å². The fourth-order valence-electron chi connectivity index (χ4n) is 2.06. The van der Waals surface area contributed by atoms with Gasteiger partial charge < -0.3 is 20.1 Å². The molecular formula is C11H20N2O3. The summed E-state index contributed by atoms with van der Waals surface area (Å²) in [5.74, 6) is 0.0320. The molecule has 1 atom stereocenters. The lowest BCUT2D eigenvalue weighted by Crippen LogP contribution is -2.57. The van der Waals surface area contributed by atoms with Gasteiger partial charge >= 0.3 is 0 Å². The highest BCUT2D eigenvalue weighted by atomic mass is 16.5. The molecule has 2 fully saturated rings. The molecule has 1 saturated heterocycles. The van der Waals surface area contributed by atoms with Gasteiger partial charge in [0, 0.05) is 26.3 Å². The van der Waals surface area contributed by atoms with E-state index in [9.17, 15) is 4.79 Å². The number of nitrogens with two attached hydrogens (primary N) is 1. The van der Waals surface area contributed by atoms with E-state index in [2.05, 4.69) is 0 Å². The third-order valence-electron chi connectivity index (χ3n) is 3.26. The summed E-state index contributed by atoms with van der Waals surface area (Å²) in [6, 6.07) is 0.378. The summed E-state index contributed by atoms with van der Waals surface area (Å²) in [5, 5.41) is 0. The molecule has 1 aliphatic carbocycles. The molecule has 1 unspecified atom stereocenters. The molecule has 2 rings (SSSR count). The zero-order valence-electron chi connectivity index (χ0n) is 9.78. The fraction of sp³-hybridized carbons (Fsp3) is 0.909. The number of carbonyl (C=O) groups excluding carboxylic acids is 1. The minimum absolute atomic E-state index is 0.0320. The van der Waals surface area contributed by atoms with Gasteiger partial charge in [0.2, 0.25) is 5.91 Å². The molecule has 5 nitrogen and oxygen atoms in total. The van der Waals surface area contributed by atoms with Crippen molar-refractivity contribution in [1.82, 2.24) is 4.90 Å². The van der Waals surface area contributed by atoms with Crippen molar-refractivity contribution < 1.29 is 14.3 Å². The van der Waals surface area contributed by atoms with E-state index in [1.54, 1.807) is 7.11 Å². The summed E-state index contributed by atoms with van der Waals surface area (Å²) in [6.07, 6.45) is 2.81. The van der Waals surface area contributed by atoms with Crippen LogP contribution in [0.5, 0.6) is 0 Å². The SMILES string of the molecule is COCCN(C(=O)C1(N)CCOC1)C1CC1. The van der Waals surface area contributed by atoms with Gasteiger partial charge in [0.05, 0.1) is 13.2 Å². The van der Waals surface area contributed by atoms with E-state index in [4.69, 9.17) is 15.2 Å². The second kappa shape index (κ2) is 4.69. The molecule has 0 radical (unpaired) electrons. The highest BCUT2D eigenvalue weighted by molar-refractivity contribution is 5.87. The maximum absolute atomic E-state index is 12.3. The van der Waals surface area contributed by atoms with Gasteiger partial charge in [-0.05, 0) is 19.3 Å². The van der Waals surface area contributed by atoms with Crippen molar-refractivity contribution in [2.75, 3.05) is 33.5 Å². The molecule has 0 aromatic carbocycles. The summed E-state index contributed by atoms with van der Waals surface area (Å²) in [7, 11) is 1.65. The molecule has 92 valence electrons. The van der Waals surface area contributed by atoms with Crippen LogP contribution in [0.15, 0.2) is 0 Å². The quantitative estimate of drug-likeness (QED) is 0.704. The molecule has 1 saturated carbocycles. The Kier molecular flexibility index (Phi) is 3.47. The molecule has 0 aromatic heterocycles. The van der Waals surface area contributed by atoms with Gasteiger partial charge in [-0.15, -0.1) is 0 Å². The van der Waals surface area contributed by atoms with Gasteiger partial charge in [-0.1, -0.05) is 0 Å². The summed E-state index contributed by atoms with van der Waals surface area (Å²) in [4.78, 5) is 14.2. The highest BCUT2D eigenvalue weighted by Gasteiger charge is 2.44. The van der Waals surface area contributed by atoms with Crippen molar-refractivity contribution in [2.24, 2.45) is 5.73 Å². The standard InChI is InChI=1S/C11H20N2O3/c1-15-7-5-13(9-2-3-9)10(14)11(12)4-6-16-8-11/h9H,2-8,12H2,1H3. The molecule has 0 bridgehead atoms. The van der Waals surface area contributed by atoms with E-state index in [0.29, 0.717) is 38.8 Å². The number of ether oxygens (including phenoxy) is 2. The average molecular weight is 228 g/mol. The summed E-state index contributed by atoms with van der Waals surface area (Å²) in [5.41, 5.74) is 5.29. The van der Waals surface area contributed by atoms with Gasteiger partial charge in [-0.25, -0.2) is 0 Å². The van der Waals surface area contributed by atoms with Crippen molar-refractivity contribution in [3.05, 3.63) is 0 Å². The fourth-order valence-corrected chi connectivity index (χ4v) is 2.06. The predicted octanol–water partition coefficient (Wildman–Crippen LogP) is -0.258. The Morgan fingerprint density at radius 1 is 1.62 bits per heavy atom. The number of amides is 1. The Morgan fingerprint density at radius 2 is 2.38 bits per heavy atom. The van der Waals surface area contributed by atoms with Crippen LogP contribution >= 0.6 is 0 Å². The van der Waals surface area contributed by atoms with Gasteiger partial charge in [-0.3, -0.25) is 4.79 Å². The van der Waals surface area contributed by atoms with Crippen molar-refractivity contribution in [3.8, 4) is 0 Å². The van der Waals surface area contributed by atoms with Gasteiger partial charge in [0.15, 0.2) is 0 Å². The van der Waals surface area contributed by atoms with Gasteiger partial charge in [0.25, 0.3) is 0 Å². The van der Waals surface area contributed by atoms with Crippen LogP contribution in [0.2, 0.25) is 0 Å². The minimum Gasteiger partial charge on any atom is -0.383 e. The normalized spacial score (nSPS) is 29.4. The summed E-state index contributed by atoms with van der Waals surface area (Å²) in [6.45, 7) is 2.14. The smallest absolute Gasteiger partial charge is 0.245 e. The van der Waals surface area contributed by atoms with Crippen molar-refractivity contribution in [3.63, 3.8) is 0 Å². The van der Waals surface area contributed by atoms with E-state index >= 15 is 0 Å². The van der Waals surface area contributed by atoms with Crippen LogP contribution in [0.1, 0.15) is 19.3 Å². The number of methoxy groups -OCH3 is 1. The van der Waals surface area contributed by atoms with Crippen LogP contribution in [0.25, 0.3) is 0 Å². The number of nitrogens with zero attached hydrogens (tertiary/aromatic N) is 1. The van der Waals surface area contributed by atoms with Crippen molar-refractivity contribution >= 4 is 5.91 Å². The number of hydrogen-bond acceptors (Lipinski definition) is 4. The lowest BCUT2D eigenvalue weighted by molar-refractivity contribution is -0.138. The van der Waals surface area contributed by atoms with Crippen molar-refractivity contribution in [1.29, 1.82) is 0 Å². The zero-order valence-corrected chi connectivity index (χ0v) is 9.78. The van der Waals surface area contributed by atoms with Crippen LogP contribution in [-0.4, -0.2) is 55.9 Å². The second-order valence-corrected chi connectivity index (χ2v) is 4.68. The first-order valence-electron chi connectivity index (χ1n) is 5.84. The van der Waals surface area contributed by atoms with E-state index in [0.717, 1.165) is 12.8 Å². The summed E-state index contributed by atoms with van der Waals surface area (Å²) < 4.78 is 10.3. The molecule has 5 heteroatoms. The molecule has 16 heavy (non-hydrogen) atoms. The number of rotatable bonds is 5. The molecule has 1 aliphatic heterocycles. The molecule has 2 N–H and O–H groups in total. The first-order chi connectivity index (χ1) is 7.67. The molecule has 2 aliphatic rings. The molecular weight excluding hydrogens is 208 g/mol. The first-order valence-corrected chi connectivity index (χ1v) is 5.84. The summed E-state index contributed by atoms with van der Waals surface area (Å²) >= 11 is 0. The Labute approximate surface area is 95.9 Å². The maximum atomic E-state index is 12.3. The molecule has 1 amide bonds. The topological polar surface area (TPSA) is 64.8 Å². The lowest BCUT2D eigenvalue weighted by atomic mass is 9.98. The molecule has 0 spiro atoms. The maximum Gasteiger partial charge on any atom is 0.245 e. The van der Waals surface area contributed by atoms with Gasteiger partial charge in [0.1, 0.15) is 5.54 Å². The van der Waals surface area contributed by atoms with Crippen LogP contribution in [-0.2, 0) is 14.3 Å². The third kappa shape index (κ3) is 2.36. The molecule has 0 aromatic rings. The minimum atomic E-state index is -0.795. The number of carbonyl (C=O) groups is 1. The van der Waals surface area contributed by atoms with E-state index in [1.807, 2.05) is 4.90 Å². The Morgan fingerprint density at radius 3 is 2.88 bits per heavy atom. The van der Waals surface area contributed by atoms with E-state index < -0.39 is 5.54 Å². The number of hydrogen-bond donors (Lipinski definition) is 1. The van der Waals surface area contributed by atoms with Crippen LogP contribution in [0, 0.1) is 0 Å². The predicted molar refractivity (Wildman–Crippen MR) is 59.0 cm³/mol. The Balaban J connectivity index is 1.98. The van der Waals surface area contributed by atoms with E-state index in [-0.39, 0.29) is 5.91 Å². The highest BCUT2D eigenvalue weighted by Crippen LogP contribution is 2.30. The first kappa shape index (κ1) is 11.8. The average Bonchev–Trinajstić information content (AvgIpc) is 3.01. The van der Waals surface area contributed by atoms with E-state index in [1.165, 1.54) is 0 Å². The van der Waals surface area contributed by atoms with Crippen LogP contribution < -0.4 is 5.73 Å². The Hall–Kier alpha value is -0.650. The van der Waals surface area contributed by atoms with Gasteiger partial charge in [-0.2, -0.15) is 0 Å². The molecule has 1 heterocycles. The lowest BCUT2D eigenvalue weighted by Gasteiger charge is -2.30. The van der Waals surface area contributed by atoms with Crippen LogP contribution in [0.4, 0.5) is 0 Å².